The van der Waals surface area contributed by atoms with Crippen LogP contribution >= 0.6 is 27.5 Å². The van der Waals surface area contributed by atoms with Crippen molar-refractivity contribution in [3.05, 3.63) is 27.7 Å². The molecule has 19 heavy (non-hydrogen) atoms. The zero-order valence-electron chi connectivity index (χ0n) is 10.5. The minimum atomic E-state index is -0.000239. The summed E-state index contributed by atoms with van der Waals surface area (Å²) < 4.78 is 6.37. The van der Waals surface area contributed by atoms with Crippen molar-refractivity contribution in [3.8, 4) is 5.75 Å². The van der Waals surface area contributed by atoms with E-state index in [0.717, 1.165) is 37.1 Å². The van der Waals surface area contributed by atoms with Crippen LogP contribution in [0.2, 0.25) is 5.02 Å². The zero-order valence-corrected chi connectivity index (χ0v) is 12.8. The fraction of sp³-hybridized carbons (Fsp3) is 0.462. The van der Waals surface area contributed by atoms with E-state index in [-0.39, 0.29) is 12.5 Å². The van der Waals surface area contributed by atoms with E-state index in [1.807, 2.05) is 11.0 Å². The summed E-state index contributed by atoms with van der Waals surface area (Å²) in [6.45, 7) is 3.33. The molecule has 2 rings (SSSR count). The van der Waals surface area contributed by atoms with Gasteiger partial charge in [0.05, 0.1) is 5.02 Å². The maximum atomic E-state index is 12.0. The quantitative estimate of drug-likeness (QED) is 0.912. The fourth-order valence-corrected chi connectivity index (χ4v) is 2.43. The van der Waals surface area contributed by atoms with Gasteiger partial charge >= 0.3 is 0 Å². The van der Waals surface area contributed by atoms with Gasteiger partial charge in [-0.3, -0.25) is 4.79 Å². The monoisotopic (exact) mass is 346 g/mol. The van der Waals surface area contributed by atoms with Gasteiger partial charge in [0, 0.05) is 24.1 Å². The molecule has 1 heterocycles. The van der Waals surface area contributed by atoms with E-state index >= 15 is 0 Å². The summed E-state index contributed by atoms with van der Waals surface area (Å²) in [5, 5.41) is 3.77. The van der Waals surface area contributed by atoms with Crippen LogP contribution in [0.4, 0.5) is 0 Å². The number of nitrogens with zero attached hydrogens (tertiary/aromatic N) is 1. The lowest BCUT2D eigenvalue weighted by atomic mass is 10.3. The first-order valence-electron chi connectivity index (χ1n) is 6.23. The maximum Gasteiger partial charge on any atom is 0.260 e. The average Bonchev–Trinajstić information content (AvgIpc) is 2.68. The molecule has 1 saturated heterocycles. The number of amides is 1. The largest absolute Gasteiger partial charge is 0.482 e. The Labute approximate surface area is 126 Å². The standard InChI is InChI=1S/C13H16BrClN2O2/c14-10-2-3-11(15)12(8-10)19-9-13(18)17-6-1-4-16-5-7-17/h2-3,8,16H,1,4-7,9H2. The van der Waals surface area contributed by atoms with Crippen LogP contribution in [-0.4, -0.2) is 43.6 Å². The Morgan fingerprint density at radius 1 is 1.42 bits per heavy atom. The second-order valence-corrected chi connectivity index (χ2v) is 5.67. The van der Waals surface area contributed by atoms with Gasteiger partial charge in [0.2, 0.25) is 0 Å². The van der Waals surface area contributed by atoms with Crippen LogP contribution in [0.15, 0.2) is 22.7 Å². The molecule has 1 aromatic rings. The molecule has 0 spiro atoms. The first kappa shape index (κ1) is 14.6. The third kappa shape index (κ3) is 4.37. The summed E-state index contributed by atoms with van der Waals surface area (Å²) in [6.07, 6.45) is 0.976. The van der Waals surface area contributed by atoms with Gasteiger partial charge in [-0.15, -0.1) is 0 Å². The van der Waals surface area contributed by atoms with E-state index in [0.29, 0.717) is 10.8 Å². The molecule has 1 aromatic carbocycles. The predicted octanol–water partition coefficient (Wildman–Crippen LogP) is 2.30. The Hall–Kier alpha value is -0.780. The summed E-state index contributed by atoms with van der Waals surface area (Å²) >= 11 is 9.36. The Balaban J connectivity index is 1.90. The molecule has 0 aliphatic carbocycles. The number of carbonyl (C=O) groups is 1. The van der Waals surface area contributed by atoms with Gasteiger partial charge in [0.1, 0.15) is 5.75 Å². The molecule has 0 radical (unpaired) electrons. The molecule has 0 aromatic heterocycles. The van der Waals surface area contributed by atoms with Crippen molar-refractivity contribution in [2.75, 3.05) is 32.8 Å². The SMILES string of the molecule is O=C(COc1cc(Br)ccc1Cl)N1CCCNCC1. The molecule has 1 N–H and O–H groups in total. The number of ether oxygens (including phenoxy) is 1. The van der Waals surface area contributed by atoms with Crippen molar-refractivity contribution in [2.45, 2.75) is 6.42 Å². The number of halogens is 2. The van der Waals surface area contributed by atoms with Crippen LogP contribution in [0, 0.1) is 0 Å². The molecule has 6 heteroatoms. The predicted molar refractivity (Wildman–Crippen MR) is 78.7 cm³/mol. The van der Waals surface area contributed by atoms with E-state index in [4.69, 9.17) is 16.3 Å². The molecule has 1 aliphatic rings. The van der Waals surface area contributed by atoms with Crippen LogP contribution < -0.4 is 10.1 Å². The van der Waals surface area contributed by atoms with Gasteiger partial charge in [-0.05, 0) is 31.2 Å². The number of carbonyl (C=O) groups excluding carboxylic acids is 1. The molecule has 4 nitrogen and oxygen atoms in total. The van der Waals surface area contributed by atoms with Crippen molar-refractivity contribution >= 4 is 33.4 Å². The minimum absolute atomic E-state index is 0.000239. The van der Waals surface area contributed by atoms with E-state index in [9.17, 15) is 4.79 Å². The Bertz CT molecular complexity index is 448. The number of hydrogen-bond acceptors (Lipinski definition) is 3. The second-order valence-electron chi connectivity index (χ2n) is 4.35. The minimum Gasteiger partial charge on any atom is -0.482 e. The number of nitrogens with one attached hydrogen (secondary N) is 1. The highest BCUT2D eigenvalue weighted by molar-refractivity contribution is 9.10. The van der Waals surface area contributed by atoms with Crippen LogP contribution in [0.25, 0.3) is 0 Å². The van der Waals surface area contributed by atoms with Gasteiger partial charge in [0.25, 0.3) is 5.91 Å². The first-order chi connectivity index (χ1) is 9.16. The molecule has 0 unspecified atom stereocenters. The van der Waals surface area contributed by atoms with E-state index in [1.54, 1.807) is 12.1 Å². The van der Waals surface area contributed by atoms with Gasteiger partial charge in [0.15, 0.2) is 6.61 Å². The second kappa shape index (κ2) is 7.12. The summed E-state index contributed by atoms with van der Waals surface area (Å²) in [5.41, 5.74) is 0. The third-order valence-electron chi connectivity index (χ3n) is 2.94. The van der Waals surface area contributed by atoms with Crippen molar-refractivity contribution in [1.29, 1.82) is 0 Å². The lowest BCUT2D eigenvalue weighted by Gasteiger charge is -2.20. The zero-order chi connectivity index (χ0) is 13.7. The van der Waals surface area contributed by atoms with Gasteiger partial charge in [-0.2, -0.15) is 0 Å². The highest BCUT2D eigenvalue weighted by Gasteiger charge is 2.16. The lowest BCUT2D eigenvalue weighted by Crippen LogP contribution is -2.37. The summed E-state index contributed by atoms with van der Waals surface area (Å²) in [7, 11) is 0. The van der Waals surface area contributed by atoms with Crippen molar-refractivity contribution in [2.24, 2.45) is 0 Å². The molecular formula is C13H16BrClN2O2. The molecule has 0 bridgehead atoms. The topological polar surface area (TPSA) is 41.6 Å². The Morgan fingerprint density at radius 2 is 2.26 bits per heavy atom. The van der Waals surface area contributed by atoms with Gasteiger partial charge < -0.3 is 15.0 Å². The number of hydrogen-bond donors (Lipinski definition) is 1. The van der Waals surface area contributed by atoms with E-state index < -0.39 is 0 Å². The van der Waals surface area contributed by atoms with Crippen LogP contribution in [-0.2, 0) is 4.79 Å². The van der Waals surface area contributed by atoms with Crippen molar-refractivity contribution < 1.29 is 9.53 Å². The first-order valence-corrected chi connectivity index (χ1v) is 7.40. The normalized spacial score (nSPS) is 16.0. The summed E-state index contributed by atoms with van der Waals surface area (Å²) in [5.74, 6) is 0.525. The van der Waals surface area contributed by atoms with Crippen LogP contribution in [0.5, 0.6) is 5.75 Å². The molecular weight excluding hydrogens is 332 g/mol. The Kier molecular flexibility index (Phi) is 5.48. The fourth-order valence-electron chi connectivity index (χ4n) is 1.91. The Morgan fingerprint density at radius 3 is 3.11 bits per heavy atom. The van der Waals surface area contributed by atoms with E-state index in [2.05, 4.69) is 21.2 Å². The van der Waals surface area contributed by atoms with Gasteiger partial charge in [-0.25, -0.2) is 0 Å². The highest BCUT2D eigenvalue weighted by Crippen LogP contribution is 2.27. The van der Waals surface area contributed by atoms with Crippen molar-refractivity contribution in [1.82, 2.24) is 10.2 Å². The summed E-state index contributed by atoms with van der Waals surface area (Å²) in [4.78, 5) is 13.9. The van der Waals surface area contributed by atoms with Crippen LogP contribution in [0.3, 0.4) is 0 Å². The molecule has 1 fully saturated rings. The number of benzene rings is 1. The molecule has 1 aliphatic heterocycles. The molecule has 0 atom stereocenters. The molecule has 0 saturated carbocycles. The highest BCUT2D eigenvalue weighted by atomic mass is 79.9. The van der Waals surface area contributed by atoms with E-state index in [1.165, 1.54) is 0 Å². The van der Waals surface area contributed by atoms with Gasteiger partial charge in [-0.1, -0.05) is 27.5 Å². The average molecular weight is 348 g/mol. The lowest BCUT2D eigenvalue weighted by molar-refractivity contribution is -0.133. The van der Waals surface area contributed by atoms with Crippen LogP contribution in [0.1, 0.15) is 6.42 Å². The molecule has 104 valence electrons. The van der Waals surface area contributed by atoms with Crippen molar-refractivity contribution in [3.63, 3.8) is 0 Å². The maximum absolute atomic E-state index is 12.0. The number of rotatable bonds is 3. The third-order valence-corrected chi connectivity index (χ3v) is 3.74. The summed E-state index contributed by atoms with van der Waals surface area (Å²) in [6, 6.07) is 5.33. The smallest absolute Gasteiger partial charge is 0.260 e. The molecule has 1 amide bonds.